The van der Waals surface area contributed by atoms with Gasteiger partial charge in [0.25, 0.3) is 0 Å². The summed E-state index contributed by atoms with van der Waals surface area (Å²) in [4.78, 5) is 24.2. The zero-order valence-corrected chi connectivity index (χ0v) is 12.3. The van der Waals surface area contributed by atoms with Crippen molar-refractivity contribution >= 4 is 17.7 Å². The molecule has 1 aromatic rings. The van der Waals surface area contributed by atoms with Crippen LogP contribution in [0.2, 0.25) is 0 Å². The second-order valence-corrected chi connectivity index (χ2v) is 4.88. The van der Waals surface area contributed by atoms with Crippen molar-refractivity contribution in [3.05, 3.63) is 42.5 Å². The third-order valence-electron chi connectivity index (χ3n) is 3.05. The molecule has 5 heteroatoms. The first-order chi connectivity index (χ1) is 10.0. The molecule has 0 aliphatic rings. The number of hydrogen-bond acceptors (Lipinski definition) is 2. The molecule has 114 valence electrons. The highest BCUT2D eigenvalue weighted by Gasteiger charge is 2.08. The molecule has 1 aromatic carbocycles. The van der Waals surface area contributed by atoms with Gasteiger partial charge in [-0.15, -0.1) is 6.58 Å². The zero-order valence-electron chi connectivity index (χ0n) is 12.3. The average Bonchev–Trinajstić information content (AvgIpc) is 2.45. The maximum absolute atomic E-state index is 12.0. The number of anilines is 1. The molecule has 0 heterocycles. The molecule has 0 bridgehead atoms. The van der Waals surface area contributed by atoms with Gasteiger partial charge in [0, 0.05) is 25.7 Å². The lowest BCUT2D eigenvalue weighted by atomic mass is 10.1. The highest BCUT2D eigenvalue weighted by atomic mass is 16.4. The number of amides is 2. The molecular weight excluding hydrogens is 268 g/mol. The molecule has 0 aromatic heterocycles. The normalized spacial score (nSPS) is 9.95. The summed E-state index contributed by atoms with van der Waals surface area (Å²) < 4.78 is 0. The first-order valence-electron chi connectivity index (χ1n) is 6.96. The number of urea groups is 1. The Hall–Kier alpha value is -2.30. The number of benzene rings is 1. The largest absolute Gasteiger partial charge is 0.481 e. The van der Waals surface area contributed by atoms with Crippen LogP contribution in [0.3, 0.4) is 0 Å². The van der Waals surface area contributed by atoms with Crippen molar-refractivity contribution in [1.29, 1.82) is 0 Å². The van der Waals surface area contributed by atoms with Crippen LogP contribution in [0.4, 0.5) is 10.5 Å². The fourth-order valence-corrected chi connectivity index (χ4v) is 1.85. The second kappa shape index (κ2) is 8.79. The third-order valence-corrected chi connectivity index (χ3v) is 3.05. The van der Waals surface area contributed by atoms with E-state index in [9.17, 15) is 9.59 Å². The summed E-state index contributed by atoms with van der Waals surface area (Å²) in [6, 6.07) is 7.09. The van der Waals surface area contributed by atoms with Crippen LogP contribution in [-0.4, -0.2) is 35.6 Å². The van der Waals surface area contributed by atoms with Crippen LogP contribution in [0.15, 0.2) is 36.9 Å². The number of carboxylic acids is 1. The van der Waals surface area contributed by atoms with E-state index >= 15 is 0 Å². The van der Waals surface area contributed by atoms with Crippen molar-refractivity contribution in [3.8, 4) is 0 Å². The van der Waals surface area contributed by atoms with Gasteiger partial charge < -0.3 is 15.3 Å². The van der Waals surface area contributed by atoms with Gasteiger partial charge in [0.05, 0.1) is 0 Å². The highest BCUT2D eigenvalue weighted by Crippen LogP contribution is 2.13. The molecule has 1 rings (SSSR count). The van der Waals surface area contributed by atoms with E-state index in [4.69, 9.17) is 5.11 Å². The Morgan fingerprint density at radius 2 is 2.19 bits per heavy atom. The molecule has 2 amide bonds. The molecule has 0 saturated heterocycles. The number of aryl methyl sites for hydroxylation is 1. The minimum atomic E-state index is -0.827. The van der Waals surface area contributed by atoms with Crippen molar-refractivity contribution < 1.29 is 14.7 Å². The number of carboxylic acid groups (broad SMARTS) is 1. The monoisotopic (exact) mass is 290 g/mol. The van der Waals surface area contributed by atoms with Gasteiger partial charge in [-0.25, -0.2) is 4.79 Å². The predicted octanol–water partition coefficient (Wildman–Crippen LogP) is 3.13. The Morgan fingerprint density at radius 1 is 1.43 bits per heavy atom. The van der Waals surface area contributed by atoms with Gasteiger partial charge in [-0.3, -0.25) is 4.79 Å². The summed E-state index contributed by atoms with van der Waals surface area (Å²) >= 11 is 0. The van der Waals surface area contributed by atoms with Crippen LogP contribution in [0.25, 0.3) is 0 Å². The molecule has 0 aliphatic carbocycles. The topological polar surface area (TPSA) is 69.6 Å². The lowest BCUT2D eigenvalue weighted by Crippen LogP contribution is -2.32. The summed E-state index contributed by atoms with van der Waals surface area (Å²) in [5, 5.41) is 11.5. The molecule has 0 saturated carbocycles. The lowest BCUT2D eigenvalue weighted by molar-refractivity contribution is -0.136. The number of aliphatic carboxylic acids is 1. The van der Waals surface area contributed by atoms with E-state index in [1.165, 1.54) is 0 Å². The van der Waals surface area contributed by atoms with Crippen molar-refractivity contribution in [2.24, 2.45) is 0 Å². The maximum Gasteiger partial charge on any atom is 0.321 e. The molecule has 21 heavy (non-hydrogen) atoms. The first-order valence-corrected chi connectivity index (χ1v) is 6.96. The lowest BCUT2D eigenvalue weighted by Gasteiger charge is -2.17. The minimum Gasteiger partial charge on any atom is -0.481 e. The summed E-state index contributed by atoms with van der Waals surface area (Å²) in [7, 11) is 1.74. The fraction of sp³-hybridized carbons (Fsp3) is 0.375. The average molecular weight is 290 g/mol. The molecule has 0 radical (unpaired) electrons. The second-order valence-electron chi connectivity index (χ2n) is 4.88. The first kappa shape index (κ1) is 16.8. The van der Waals surface area contributed by atoms with Crippen LogP contribution >= 0.6 is 0 Å². The number of nitrogens with zero attached hydrogens (tertiary/aromatic N) is 1. The number of rotatable bonds is 8. The van der Waals surface area contributed by atoms with E-state index in [1.807, 2.05) is 18.2 Å². The smallest absolute Gasteiger partial charge is 0.321 e. The molecule has 0 aliphatic heterocycles. The Balaban J connectivity index is 2.53. The van der Waals surface area contributed by atoms with E-state index in [0.717, 1.165) is 18.4 Å². The molecule has 0 atom stereocenters. The summed E-state index contributed by atoms with van der Waals surface area (Å²) in [6.45, 7) is 4.31. The number of hydrogen-bond donors (Lipinski definition) is 2. The third kappa shape index (κ3) is 6.61. The molecule has 0 unspecified atom stereocenters. The zero-order chi connectivity index (χ0) is 15.7. The summed E-state index contributed by atoms with van der Waals surface area (Å²) in [5.41, 5.74) is 1.57. The van der Waals surface area contributed by atoms with Crippen molar-refractivity contribution in [3.63, 3.8) is 0 Å². The van der Waals surface area contributed by atoms with Gasteiger partial charge >= 0.3 is 12.0 Å². The maximum atomic E-state index is 12.0. The van der Waals surface area contributed by atoms with E-state index < -0.39 is 5.97 Å². The van der Waals surface area contributed by atoms with Crippen molar-refractivity contribution in [2.75, 3.05) is 18.9 Å². The van der Waals surface area contributed by atoms with E-state index in [2.05, 4.69) is 11.9 Å². The van der Waals surface area contributed by atoms with Crippen molar-refractivity contribution in [2.45, 2.75) is 25.7 Å². The highest BCUT2D eigenvalue weighted by molar-refractivity contribution is 5.89. The van der Waals surface area contributed by atoms with Gasteiger partial charge in [-0.1, -0.05) is 18.2 Å². The van der Waals surface area contributed by atoms with E-state index in [-0.39, 0.29) is 12.5 Å². The molecular formula is C16H22N2O3. The minimum absolute atomic E-state index is 0.0822. The molecule has 2 N–H and O–H groups in total. The van der Waals surface area contributed by atoms with Crippen LogP contribution in [-0.2, 0) is 11.2 Å². The number of unbranched alkanes of at least 4 members (excludes halogenated alkanes) is 1. The summed E-state index contributed by atoms with van der Waals surface area (Å²) in [6.07, 6.45) is 4.12. The number of carbonyl (C=O) groups excluding carboxylic acids is 1. The molecule has 0 fully saturated rings. The number of allylic oxidation sites excluding steroid dienone is 1. The van der Waals surface area contributed by atoms with Gasteiger partial charge in [-0.2, -0.15) is 0 Å². The Kier molecular flexibility index (Phi) is 7.01. The van der Waals surface area contributed by atoms with Crippen molar-refractivity contribution in [1.82, 2.24) is 4.90 Å². The van der Waals surface area contributed by atoms with E-state index in [1.54, 1.807) is 24.1 Å². The predicted molar refractivity (Wildman–Crippen MR) is 83.5 cm³/mol. The van der Waals surface area contributed by atoms with Gasteiger partial charge in [-0.05, 0) is 37.0 Å². The van der Waals surface area contributed by atoms with Crippen LogP contribution < -0.4 is 5.32 Å². The standard InChI is InChI=1S/C16H22N2O3/c1-3-4-5-11-18(2)16(21)17-14-8-6-7-13(12-14)9-10-15(19)20/h3,6-8,12H,1,4-5,9-11H2,2H3,(H,17,21)(H,19,20). The quantitative estimate of drug-likeness (QED) is 0.571. The summed E-state index contributed by atoms with van der Waals surface area (Å²) in [5.74, 6) is -0.827. The Labute approximate surface area is 125 Å². The van der Waals surface area contributed by atoms with Crippen LogP contribution in [0, 0.1) is 0 Å². The Bertz CT molecular complexity index is 500. The number of nitrogens with one attached hydrogen (secondary N) is 1. The van der Waals surface area contributed by atoms with Gasteiger partial charge in [0.1, 0.15) is 0 Å². The SMILES string of the molecule is C=CCCCN(C)C(=O)Nc1cccc(CCC(=O)O)c1. The number of carbonyl (C=O) groups is 2. The van der Waals surface area contributed by atoms with Crippen LogP contribution in [0.5, 0.6) is 0 Å². The van der Waals surface area contributed by atoms with Gasteiger partial charge in [0.15, 0.2) is 0 Å². The molecule has 5 nitrogen and oxygen atoms in total. The fourth-order valence-electron chi connectivity index (χ4n) is 1.85. The molecule has 0 spiro atoms. The Morgan fingerprint density at radius 3 is 2.86 bits per heavy atom. The van der Waals surface area contributed by atoms with E-state index in [0.29, 0.717) is 18.7 Å². The van der Waals surface area contributed by atoms with Crippen LogP contribution in [0.1, 0.15) is 24.8 Å². The van der Waals surface area contributed by atoms with Gasteiger partial charge in [0.2, 0.25) is 0 Å².